The molecule has 1 N–H and O–H groups in total. The second-order valence-corrected chi connectivity index (χ2v) is 2.01. The fourth-order valence-electron chi connectivity index (χ4n) is 0.356. The number of halogens is 3. The summed E-state index contributed by atoms with van der Waals surface area (Å²) >= 11 is 5.23. The quantitative estimate of drug-likeness (QED) is 0.496. The molecule has 0 aliphatic heterocycles. The van der Waals surface area contributed by atoms with Gasteiger partial charge in [0, 0.05) is 12.4 Å². The molecule has 0 rings (SSSR count). The first-order chi connectivity index (χ1) is 4.68. The van der Waals surface area contributed by atoms with E-state index in [9.17, 15) is 13.6 Å². The molecule has 0 aromatic carbocycles. The van der Waals surface area contributed by atoms with Gasteiger partial charge in [0.1, 0.15) is 0 Å². The van der Waals surface area contributed by atoms with E-state index in [-0.39, 0.29) is 6.54 Å². The fraction of sp³-hybridized carbons (Fsp3) is 0.800. The van der Waals surface area contributed by atoms with Gasteiger partial charge in [0.05, 0.1) is 0 Å². The van der Waals surface area contributed by atoms with E-state index < -0.39 is 12.3 Å². The first-order valence-corrected chi connectivity index (χ1v) is 3.33. The van der Waals surface area contributed by atoms with Gasteiger partial charge in [-0.15, -0.1) is 11.6 Å². The topological polar surface area (TPSA) is 29.1 Å². The molecular weight excluding hydrogens is 164 g/mol. The SMILES string of the molecule is O=C(NCCCCl)C(F)F. The fourth-order valence-corrected chi connectivity index (χ4v) is 0.489. The molecule has 0 aliphatic carbocycles. The maximum absolute atomic E-state index is 11.4. The van der Waals surface area contributed by atoms with Crippen LogP contribution < -0.4 is 5.32 Å². The van der Waals surface area contributed by atoms with Gasteiger partial charge in [-0.05, 0) is 6.42 Å². The van der Waals surface area contributed by atoms with Crippen LogP contribution in [0, 0.1) is 0 Å². The zero-order valence-corrected chi connectivity index (χ0v) is 6.00. The lowest BCUT2D eigenvalue weighted by molar-refractivity contribution is -0.131. The van der Waals surface area contributed by atoms with E-state index in [0.29, 0.717) is 12.3 Å². The Kier molecular flexibility index (Phi) is 5.20. The molecule has 0 radical (unpaired) electrons. The van der Waals surface area contributed by atoms with Crippen molar-refractivity contribution in [2.24, 2.45) is 0 Å². The van der Waals surface area contributed by atoms with Crippen LogP contribution in [0.15, 0.2) is 0 Å². The van der Waals surface area contributed by atoms with Gasteiger partial charge in [-0.1, -0.05) is 0 Å². The Labute approximate surface area is 62.5 Å². The third kappa shape index (κ3) is 4.49. The molecule has 10 heavy (non-hydrogen) atoms. The summed E-state index contributed by atoms with van der Waals surface area (Å²) in [6.45, 7) is 0.215. The number of alkyl halides is 3. The highest BCUT2D eigenvalue weighted by molar-refractivity contribution is 6.17. The number of carbonyl (C=O) groups excluding carboxylic acids is 1. The molecular formula is C5H8ClF2NO. The Balaban J connectivity index is 3.22. The first kappa shape index (κ1) is 9.62. The van der Waals surface area contributed by atoms with Gasteiger partial charge >= 0.3 is 6.43 Å². The molecule has 60 valence electrons. The molecule has 0 saturated carbocycles. The van der Waals surface area contributed by atoms with Crippen LogP contribution in [0.25, 0.3) is 0 Å². The standard InChI is InChI=1S/C5H8ClF2NO/c6-2-1-3-9-5(10)4(7)8/h4H,1-3H2,(H,9,10). The average molecular weight is 172 g/mol. The van der Waals surface area contributed by atoms with Crippen molar-refractivity contribution in [2.45, 2.75) is 12.8 Å². The van der Waals surface area contributed by atoms with Gasteiger partial charge < -0.3 is 5.32 Å². The Morgan fingerprint density at radius 3 is 2.60 bits per heavy atom. The monoisotopic (exact) mass is 171 g/mol. The summed E-state index contributed by atoms with van der Waals surface area (Å²) in [5, 5.41) is 2.01. The van der Waals surface area contributed by atoms with Gasteiger partial charge in [0.15, 0.2) is 0 Å². The van der Waals surface area contributed by atoms with Crippen molar-refractivity contribution in [1.82, 2.24) is 5.32 Å². The highest BCUT2D eigenvalue weighted by Gasteiger charge is 2.12. The highest BCUT2D eigenvalue weighted by Crippen LogP contribution is 1.90. The number of amides is 1. The maximum atomic E-state index is 11.4. The van der Waals surface area contributed by atoms with Gasteiger partial charge in [-0.2, -0.15) is 8.78 Å². The van der Waals surface area contributed by atoms with E-state index in [1.807, 2.05) is 5.32 Å². The molecule has 0 saturated heterocycles. The summed E-state index contributed by atoms with van der Waals surface area (Å²) in [4.78, 5) is 10.1. The third-order valence-electron chi connectivity index (χ3n) is 0.808. The van der Waals surface area contributed by atoms with Gasteiger partial charge in [0.25, 0.3) is 5.91 Å². The summed E-state index contributed by atoms with van der Waals surface area (Å²) in [6.07, 6.45) is -2.41. The zero-order valence-electron chi connectivity index (χ0n) is 5.24. The summed E-state index contributed by atoms with van der Waals surface area (Å²) in [5.74, 6) is -0.867. The molecule has 0 aromatic rings. The van der Waals surface area contributed by atoms with Gasteiger partial charge in [0.2, 0.25) is 0 Å². The van der Waals surface area contributed by atoms with Crippen molar-refractivity contribution in [2.75, 3.05) is 12.4 Å². The number of nitrogens with one attached hydrogen (secondary N) is 1. The van der Waals surface area contributed by atoms with Crippen LogP contribution in [0.3, 0.4) is 0 Å². The summed E-state index contributed by atoms with van der Waals surface area (Å²) < 4.78 is 22.8. The zero-order chi connectivity index (χ0) is 7.98. The Hall–Kier alpha value is -0.380. The predicted octanol–water partition coefficient (Wildman–Crippen LogP) is 0.997. The van der Waals surface area contributed by atoms with Crippen molar-refractivity contribution in [3.63, 3.8) is 0 Å². The lowest BCUT2D eigenvalue weighted by atomic mass is 10.4. The molecule has 1 amide bonds. The minimum atomic E-state index is -2.92. The van der Waals surface area contributed by atoms with E-state index in [4.69, 9.17) is 11.6 Å². The molecule has 0 aliphatic rings. The lowest BCUT2D eigenvalue weighted by Gasteiger charge is -2.00. The van der Waals surface area contributed by atoms with E-state index in [0.717, 1.165) is 0 Å². The number of rotatable bonds is 4. The maximum Gasteiger partial charge on any atom is 0.315 e. The van der Waals surface area contributed by atoms with Crippen molar-refractivity contribution >= 4 is 17.5 Å². The highest BCUT2D eigenvalue weighted by atomic mass is 35.5. The number of hydrogen-bond donors (Lipinski definition) is 1. The summed E-state index contributed by atoms with van der Waals surface area (Å²) in [6, 6.07) is 0. The van der Waals surface area contributed by atoms with Crippen LogP contribution >= 0.6 is 11.6 Å². The van der Waals surface area contributed by atoms with Crippen molar-refractivity contribution in [3.05, 3.63) is 0 Å². The van der Waals surface area contributed by atoms with E-state index in [1.165, 1.54) is 0 Å². The molecule has 0 heterocycles. The van der Waals surface area contributed by atoms with E-state index >= 15 is 0 Å². The van der Waals surface area contributed by atoms with Crippen LogP contribution in [0.2, 0.25) is 0 Å². The average Bonchev–Trinajstić information content (AvgIpc) is 1.88. The minimum absolute atomic E-state index is 0.215. The molecule has 0 aromatic heterocycles. The van der Waals surface area contributed by atoms with Crippen LogP contribution in [0.5, 0.6) is 0 Å². The van der Waals surface area contributed by atoms with Gasteiger partial charge in [-0.3, -0.25) is 4.79 Å². The van der Waals surface area contributed by atoms with Crippen molar-refractivity contribution < 1.29 is 13.6 Å². The largest absolute Gasteiger partial charge is 0.351 e. The van der Waals surface area contributed by atoms with Crippen LogP contribution in [0.4, 0.5) is 8.78 Å². The van der Waals surface area contributed by atoms with E-state index in [1.54, 1.807) is 0 Å². The van der Waals surface area contributed by atoms with Gasteiger partial charge in [-0.25, -0.2) is 0 Å². The Morgan fingerprint density at radius 1 is 1.60 bits per heavy atom. The second-order valence-electron chi connectivity index (χ2n) is 1.63. The second kappa shape index (κ2) is 5.41. The predicted molar refractivity (Wildman–Crippen MR) is 34.4 cm³/mol. The smallest absolute Gasteiger partial charge is 0.315 e. The number of hydrogen-bond acceptors (Lipinski definition) is 1. The Morgan fingerprint density at radius 2 is 2.20 bits per heavy atom. The van der Waals surface area contributed by atoms with Crippen molar-refractivity contribution in [3.8, 4) is 0 Å². The Bertz CT molecular complexity index is 110. The molecule has 0 unspecified atom stereocenters. The molecule has 0 fully saturated rings. The minimum Gasteiger partial charge on any atom is -0.351 e. The lowest BCUT2D eigenvalue weighted by Crippen LogP contribution is -2.30. The molecule has 2 nitrogen and oxygen atoms in total. The van der Waals surface area contributed by atoms with Crippen LogP contribution in [-0.2, 0) is 4.79 Å². The molecule has 0 spiro atoms. The molecule has 5 heteroatoms. The molecule has 0 bridgehead atoms. The van der Waals surface area contributed by atoms with Crippen LogP contribution in [-0.4, -0.2) is 24.8 Å². The third-order valence-corrected chi connectivity index (χ3v) is 1.08. The van der Waals surface area contributed by atoms with Crippen molar-refractivity contribution in [1.29, 1.82) is 0 Å². The van der Waals surface area contributed by atoms with E-state index in [2.05, 4.69) is 0 Å². The molecule has 0 atom stereocenters. The number of carbonyl (C=O) groups is 1. The summed E-state index contributed by atoms with van der Waals surface area (Å²) in [7, 11) is 0. The normalized spacial score (nSPS) is 10.0. The summed E-state index contributed by atoms with van der Waals surface area (Å²) in [5.41, 5.74) is 0. The van der Waals surface area contributed by atoms with Crippen LogP contribution in [0.1, 0.15) is 6.42 Å². The first-order valence-electron chi connectivity index (χ1n) is 2.80.